The molecule has 1 amide bonds. The Labute approximate surface area is 111 Å². The standard InChI is InChI=1S/C12H17N5O2/c1-9-3-4-10(19-9)7-16(2)12(18)11-8-17(6-5-13)15-14-11/h3-4,8H,5-7,13H2,1-2H3. The largest absolute Gasteiger partial charge is 0.464 e. The quantitative estimate of drug-likeness (QED) is 0.843. The number of hydrogen-bond donors (Lipinski definition) is 1. The van der Waals surface area contributed by atoms with Gasteiger partial charge in [0.1, 0.15) is 11.5 Å². The van der Waals surface area contributed by atoms with E-state index in [1.54, 1.807) is 17.9 Å². The van der Waals surface area contributed by atoms with E-state index in [2.05, 4.69) is 10.3 Å². The van der Waals surface area contributed by atoms with Crippen LogP contribution >= 0.6 is 0 Å². The highest BCUT2D eigenvalue weighted by atomic mass is 16.3. The van der Waals surface area contributed by atoms with Gasteiger partial charge in [-0.25, -0.2) is 0 Å². The fourth-order valence-corrected chi connectivity index (χ4v) is 1.71. The first-order valence-corrected chi connectivity index (χ1v) is 6.01. The number of nitrogens with two attached hydrogens (primary N) is 1. The van der Waals surface area contributed by atoms with Crippen molar-refractivity contribution in [3.05, 3.63) is 35.5 Å². The van der Waals surface area contributed by atoms with Crippen molar-refractivity contribution in [1.82, 2.24) is 19.9 Å². The van der Waals surface area contributed by atoms with Crippen LogP contribution in [-0.4, -0.2) is 39.4 Å². The summed E-state index contributed by atoms with van der Waals surface area (Å²) in [6, 6.07) is 3.72. The van der Waals surface area contributed by atoms with Crippen molar-refractivity contribution in [3.8, 4) is 0 Å². The van der Waals surface area contributed by atoms with E-state index in [-0.39, 0.29) is 5.91 Å². The first kappa shape index (κ1) is 13.3. The molecule has 0 fully saturated rings. The van der Waals surface area contributed by atoms with Gasteiger partial charge in [0.25, 0.3) is 5.91 Å². The third kappa shape index (κ3) is 3.19. The van der Waals surface area contributed by atoms with Crippen LogP contribution in [0.4, 0.5) is 0 Å². The van der Waals surface area contributed by atoms with Gasteiger partial charge in [-0.3, -0.25) is 9.48 Å². The average Bonchev–Trinajstić information content (AvgIpc) is 2.98. The molecule has 0 aliphatic heterocycles. The summed E-state index contributed by atoms with van der Waals surface area (Å²) in [6.07, 6.45) is 1.60. The van der Waals surface area contributed by atoms with E-state index in [4.69, 9.17) is 10.2 Å². The van der Waals surface area contributed by atoms with Gasteiger partial charge in [-0.1, -0.05) is 5.21 Å². The lowest BCUT2D eigenvalue weighted by atomic mass is 10.3. The lowest BCUT2D eigenvalue weighted by molar-refractivity contribution is 0.0769. The minimum atomic E-state index is -0.197. The number of carbonyl (C=O) groups excluding carboxylic acids is 1. The monoisotopic (exact) mass is 263 g/mol. The molecule has 0 unspecified atom stereocenters. The Bertz CT molecular complexity index is 560. The van der Waals surface area contributed by atoms with Crippen molar-refractivity contribution in [2.45, 2.75) is 20.0 Å². The fourth-order valence-electron chi connectivity index (χ4n) is 1.71. The second-order valence-electron chi connectivity index (χ2n) is 4.33. The van der Waals surface area contributed by atoms with E-state index in [9.17, 15) is 4.79 Å². The molecule has 2 aromatic rings. The Kier molecular flexibility index (Phi) is 3.96. The zero-order valence-corrected chi connectivity index (χ0v) is 11.0. The van der Waals surface area contributed by atoms with E-state index in [1.165, 1.54) is 4.90 Å². The fraction of sp³-hybridized carbons (Fsp3) is 0.417. The van der Waals surface area contributed by atoms with Gasteiger partial charge in [0, 0.05) is 13.6 Å². The van der Waals surface area contributed by atoms with Crippen LogP contribution in [-0.2, 0) is 13.1 Å². The summed E-state index contributed by atoms with van der Waals surface area (Å²) in [4.78, 5) is 13.6. The predicted molar refractivity (Wildman–Crippen MR) is 68.3 cm³/mol. The SMILES string of the molecule is Cc1ccc(CN(C)C(=O)c2cn(CCN)nn2)o1. The molecule has 102 valence electrons. The van der Waals surface area contributed by atoms with E-state index >= 15 is 0 Å². The van der Waals surface area contributed by atoms with Gasteiger partial charge < -0.3 is 15.1 Å². The number of hydrogen-bond acceptors (Lipinski definition) is 5. The van der Waals surface area contributed by atoms with Gasteiger partial charge in [0.2, 0.25) is 0 Å². The number of carbonyl (C=O) groups is 1. The molecule has 0 spiro atoms. The number of furan rings is 1. The van der Waals surface area contributed by atoms with Crippen LogP contribution < -0.4 is 5.73 Å². The molecule has 0 saturated carbocycles. The zero-order valence-electron chi connectivity index (χ0n) is 11.0. The Morgan fingerprint density at radius 2 is 2.32 bits per heavy atom. The summed E-state index contributed by atoms with van der Waals surface area (Å²) in [6.45, 7) is 3.26. The van der Waals surface area contributed by atoms with Gasteiger partial charge in [-0.05, 0) is 19.1 Å². The Morgan fingerprint density at radius 1 is 1.53 bits per heavy atom. The van der Waals surface area contributed by atoms with Crippen LogP contribution in [0.3, 0.4) is 0 Å². The molecule has 2 N–H and O–H groups in total. The molecule has 0 bridgehead atoms. The second kappa shape index (κ2) is 5.66. The van der Waals surface area contributed by atoms with E-state index in [0.717, 1.165) is 11.5 Å². The third-order valence-electron chi connectivity index (χ3n) is 2.65. The van der Waals surface area contributed by atoms with Gasteiger partial charge >= 0.3 is 0 Å². The zero-order chi connectivity index (χ0) is 13.8. The van der Waals surface area contributed by atoms with Crippen LogP contribution in [0.5, 0.6) is 0 Å². The molecule has 7 nitrogen and oxygen atoms in total. The van der Waals surface area contributed by atoms with Gasteiger partial charge in [0.15, 0.2) is 5.69 Å². The summed E-state index contributed by atoms with van der Waals surface area (Å²) in [7, 11) is 1.70. The molecular formula is C12H17N5O2. The summed E-state index contributed by atoms with van der Waals surface area (Å²) in [5.74, 6) is 1.37. The number of nitrogens with zero attached hydrogens (tertiary/aromatic N) is 4. The molecule has 2 aromatic heterocycles. The maximum absolute atomic E-state index is 12.1. The molecule has 0 radical (unpaired) electrons. The van der Waals surface area contributed by atoms with Crippen LogP contribution in [0.1, 0.15) is 22.0 Å². The van der Waals surface area contributed by atoms with Crippen molar-refractivity contribution in [3.63, 3.8) is 0 Å². The second-order valence-corrected chi connectivity index (χ2v) is 4.33. The number of rotatable bonds is 5. The Morgan fingerprint density at radius 3 is 2.95 bits per heavy atom. The number of aromatic nitrogens is 3. The van der Waals surface area contributed by atoms with Crippen molar-refractivity contribution >= 4 is 5.91 Å². The number of amides is 1. The van der Waals surface area contributed by atoms with Crippen LogP contribution in [0.25, 0.3) is 0 Å². The Balaban J connectivity index is 2.01. The summed E-state index contributed by atoms with van der Waals surface area (Å²) in [5, 5.41) is 7.67. The topological polar surface area (TPSA) is 90.2 Å². The van der Waals surface area contributed by atoms with Crippen LogP contribution in [0, 0.1) is 6.92 Å². The van der Waals surface area contributed by atoms with Gasteiger partial charge in [0.05, 0.1) is 19.3 Å². The van der Waals surface area contributed by atoms with E-state index < -0.39 is 0 Å². The molecule has 19 heavy (non-hydrogen) atoms. The molecule has 2 heterocycles. The van der Waals surface area contributed by atoms with Gasteiger partial charge in [-0.2, -0.15) is 0 Å². The highest BCUT2D eigenvalue weighted by Gasteiger charge is 2.16. The summed E-state index contributed by atoms with van der Waals surface area (Å²) < 4.78 is 6.99. The van der Waals surface area contributed by atoms with Crippen molar-refractivity contribution in [2.24, 2.45) is 5.73 Å². The third-order valence-corrected chi connectivity index (χ3v) is 2.65. The summed E-state index contributed by atoms with van der Waals surface area (Å²) in [5.41, 5.74) is 5.72. The first-order valence-electron chi connectivity index (χ1n) is 6.01. The molecule has 2 rings (SSSR count). The minimum absolute atomic E-state index is 0.197. The molecule has 0 saturated heterocycles. The molecule has 0 aliphatic carbocycles. The normalized spacial score (nSPS) is 10.7. The lowest BCUT2D eigenvalue weighted by Crippen LogP contribution is -2.26. The first-order chi connectivity index (χ1) is 9.10. The Hall–Kier alpha value is -2.15. The van der Waals surface area contributed by atoms with E-state index in [0.29, 0.717) is 25.3 Å². The average molecular weight is 263 g/mol. The van der Waals surface area contributed by atoms with E-state index in [1.807, 2.05) is 19.1 Å². The van der Waals surface area contributed by atoms with Crippen LogP contribution in [0.15, 0.2) is 22.7 Å². The lowest BCUT2D eigenvalue weighted by Gasteiger charge is -2.13. The molecule has 0 aromatic carbocycles. The number of aryl methyl sites for hydroxylation is 1. The highest BCUT2D eigenvalue weighted by Crippen LogP contribution is 2.10. The summed E-state index contributed by atoms with van der Waals surface area (Å²) >= 11 is 0. The highest BCUT2D eigenvalue weighted by molar-refractivity contribution is 5.91. The van der Waals surface area contributed by atoms with Crippen molar-refractivity contribution in [1.29, 1.82) is 0 Å². The molecule has 0 aliphatic rings. The molecular weight excluding hydrogens is 246 g/mol. The maximum atomic E-state index is 12.1. The van der Waals surface area contributed by atoms with Crippen LogP contribution in [0.2, 0.25) is 0 Å². The maximum Gasteiger partial charge on any atom is 0.276 e. The van der Waals surface area contributed by atoms with Crippen molar-refractivity contribution < 1.29 is 9.21 Å². The smallest absolute Gasteiger partial charge is 0.276 e. The molecule has 0 atom stereocenters. The predicted octanol–water partition coefficient (Wildman–Crippen LogP) is 0.410. The van der Waals surface area contributed by atoms with Crippen molar-refractivity contribution in [2.75, 3.05) is 13.6 Å². The minimum Gasteiger partial charge on any atom is -0.464 e. The van der Waals surface area contributed by atoms with Gasteiger partial charge in [-0.15, -0.1) is 5.10 Å². The molecule has 7 heteroatoms.